The maximum absolute atomic E-state index is 12.2. The summed E-state index contributed by atoms with van der Waals surface area (Å²) in [6.45, 7) is 2.99. The first kappa shape index (κ1) is 15.0. The molecular weight excluding hydrogens is 246 g/mol. The molecule has 0 spiro atoms. The number of amides is 1. The van der Waals surface area contributed by atoms with Crippen LogP contribution in [-0.2, 0) is 0 Å². The summed E-state index contributed by atoms with van der Waals surface area (Å²) in [5, 5.41) is 20.4. The Labute approximate surface area is 112 Å². The van der Waals surface area contributed by atoms with Gasteiger partial charge in [-0.1, -0.05) is 17.3 Å². The first-order valence-electron chi connectivity index (χ1n) is 6.12. The number of hydrogen-bond donors (Lipinski definition) is 3. The number of aliphatic hydroxyl groups excluding tert-OH is 1. The number of hydrogen-bond acceptors (Lipinski definition) is 4. The molecule has 0 saturated carbocycles. The maximum Gasteiger partial charge on any atom is 0.253 e. The summed E-state index contributed by atoms with van der Waals surface area (Å²) in [5.41, 5.74) is 6.46. The molecule has 1 aromatic rings. The van der Waals surface area contributed by atoms with Crippen molar-refractivity contribution in [3.63, 3.8) is 0 Å². The van der Waals surface area contributed by atoms with Crippen LogP contribution in [0.15, 0.2) is 29.4 Å². The van der Waals surface area contributed by atoms with Gasteiger partial charge in [-0.05, 0) is 25.5 Å². The highest BCUT2D eigenvalue weighted by atomic mass is 16.4. The molecule has 0 aromatic heterocycles. The zero-order chi connectivity index (χ0) is 14.3. The average molecular weight is 265 g/mol. The van der Waals surface area contributed by atoms with Crippen molar-refractivity contribution in [3.8, 4) is 0 Å². The molecule has 4 N–H and O–H groups in total. The van der Waals surface area contributed by atoms with Gasteiger partial charge in [0.25, 0.3) is 5.91 Å². The number of nitrogens with two attached hydrogens (primary N) is 1. The number of rotatable bonds is 6. The predicted octanol–water partition coefficient (Wildman–Crippen LogP) is 0.626. The van der Waals surface area contributed by atoms with Crippen molar-refractivity contribution < 1.29 is 15.1 Å². The highest BCUT2D eigenvalue weighted by Gasteiger charge is 2.14. The van der Waals surface area contributed by atoms with E-state index in [0.29, 0.717) is 30.6 Å². The van der Waals surface area contributed by atoms with Gasteiger partial charge >= 0.3 is 0 Å². The fourth-order valence-corrected chi connectivity index (χ4v) is 1.72. The molecule has 6 heteroatoms. The van der Waals surface area contributed by atoms with Gasteiger partial charge in [-0.3, -0.25) is 4.79 Å². The summed E-state index contributed by atoms with van der Waals surface area (Å²) in [4.78, 5) is 13.9. The minimum atomic E-state index is -0.136. The third kappa shape index (κ3) is 3.96. The number of oxime groups is 1. The number of benzene rings is 1. The van der Waals surface area contributed by atoms with E-state index in [0.717, 1.165) is 0 Å². The van der Waals surface area contributed by atoms with Crippen LogP contribution in [0.25, 0.3) is 0 Å². The molecule has 0 unspecified atom stereocenters. The Morgan fingerprint density at radius 1 is 1.42 bits per heavy atom. The van der Waals surface area contributed by atoms with Crippen molar-refractivity contribution in [2.45, 2.75) is 13.3 Å². The minimum absolute atomic E-state index is 0.0342. The van der Waals surface area contributed by atoms with Crippen molar-refractivity contribution in [1.29, 1.82) is 0 Å². The van der Waals surface area contributed by atoms with E-state index in [9.17, 15) is 4.79 Å². The van der Waals surface area contributed by atoms with Crippen LogP contribution in [0.1, 0.15) is 29.3 Å². The van der Waals surface area contributed by atoms with Crippen LogP contribution in [0.2, 0.25) is 0 Å². The van der Waals surface area contributed by atoms with E-state index in [-0.39, 0.29) is 18.3 Å². The Morgan fingerprint density at radius 3 is 2.68 bits per heavy atom. The van der Waals surface area contributed by atoms with Gasteiger partial charge in [0.15, 0.2) is 5.84 Å². The second-order valence-corrected chi connectivity index (χ2v) is 4.03. The molecular formula is C13H19N3O3. The monoisotopic (exact) mass is 265 g/mol. The third-order valence-corrected chi connectivity index (χ3v) is 2.77. The Kier molecular flexibility index (Phi) is 5.81. The van der Waals surface area contributed by atoms with Gasteiger partial charge in [0.1, 0.15) is 0 Å². The predicted molar refractivity (Wildman–Crippen MR) is 72.2 cm³/mol. The zero-order valence-corrected chi connectivity index (χ0v) is 10.9. The number of amidine groups is 1. The summed E-state index contributed by atoms with van der Waals surface area (Å²) in [5.74, 6) is -0.170. The molecule has 6 nitrogen and oxygen atoms in total. The highest BCUT2D eigenvalue weighted by Crippen LogP contribution is 2.09. The van der Waals surface area contributed by atoms with Gasteiger partial charge in [-0.15, -0.1) is 0 Å². The highest BCUT2D eigenvalue weighted by molar-refractivity contribution is 6.01. The van der Waals surface area contributed by atoms with Gasteiger partial charge in [0.05, 0.1) is 0 Å². The molecule has 0 fully saturated rings. The number of aliphatic hydroxyl groups is 1. The lowest BCUT2D eigenvalue weighted by molar-refractivity contribution is 0.0754. The Bertz CT molecular complexity index is 460. The topological polar surface area (TPSA) is 99.2 Å². The normalized spacial score (nSPS) is 11.4. The molecule has 0 saturated heterocycles. The van der Waals surface area contributed by atoms with Gasteiger partial charge in [-0.25, -0.2) is 0 Å². The summed E-state index contributed by atoms with van der Waals surface area (Å²) >= 11 is 0. The fourth-order valence-electron chi connectivity index (χ4n) is 1.72. The van der Waals surface area contributed by atoms with Crippen LogP contribution in [-0.4, -0.2) is 46.7 Å². The maximum atomic E-state index is 12.2. The quantitative estimate of drug-likeness (QED) is 0.304. The average Bonchev–Trinajstić information content (AvgIpc) is 2.47. The molecule has 0 atom stereocenters. The number of carbonyl (C=O) groups excluding carboxylic acids is 1. The van der Waals surface area contributed by atoms with Crippen molar-refractivity contribution in [1.82, 2.24) is 4.90 Å². The molecule has 1 rings (SSSR count). The molecule has 0 heterocycles. The van der Waals surface area contributed by atoms with Gasteiger partial charge < -0.3 is 20.9 Å². The lowest BCUT2D eigenvalue weighted by Crippen LogP contribution is -2.32. The van der Waals surface area contributed by atoms with Crippen molar-refractivity contribution >= 4 is 11.7 Å². The molecule has 0 radical (unpaired) electrons. The number of carbonyl (C=O) groups is 1. The van der Waals surface area contributed by atoms with E-state index in [1.54, 1.807) is 29.2 Å². The van der Waals surface area contributed by atoms with Crippen LogP contribution in [0.3, 0.4) is 0 Å². The lowest BCUT2D eigenvalue weighted by atomic mass is 10.1. The van der Waals surface area contributed by atoms with Crippen LogP contribution in [0, 0.1) is 0 Å². The van der Waals surface area contributed by atoms with Crippen LogP contribution >= 0.6 is 0 Å². The van der Waals surface area contributed by atoms with E-state index < -0.39 is 0 Å². The first-order chi connectivity index (χ1) is 9.13. The molecule has 19 heavy (non-hydrogen) atoms. The standard InChI is InChI=1S/C13H19N3O3/c1-2-16(7-4-8-17)13(18)11-6-3-5-10(9-11)12(14)15-19/h3,5-6,9,17,19H,2,4,7-8H2,1H3,(H2,14,15). The Balaban J connectivity index is 2.92. The van der Waals surface area contributed by atoms with E-state index in [1.807, 2.05) is 6.92 Å². The summed E-state index contributed by atoms with van der Waals surface area (Å²) in [6, 6.07) is 6.60. The van der Waals surface area contributed by atoms with E-state index in [4.69, 9.17) is 16.0 Å². The van der Waals surface area contributed by atoms with Crippen molar-refractivity contribution in [2.75, 3.05) is 19.7 Å². The first-order valence-corrected chi connectivity index (χ1v) is 6.12. The van der Waals surface area contributed by atoms with Gasteiger partial charge in [0, 0.05) is 30.8 Å². The van der Waals surface area contributed by atoms with Gasteiger partial charge in [-0.2, -0.15) is 0 Å². The molecule has 0 bridgehead atoms. The van der Waals surface area contributed by atoms with Gasteiger partial charge in [0.2, 0.25) is 0 Å². The SMILES string of the molecule is CCN(CCCO)C(=O)c1cccc(/C(N)=N/O)c1. The van der Waals surface area contributed by atoms with E-state index in [2.05, 4.69) is 5.16 Å². The van der Waals surface area contributed by atoms with Crippen molar-refractivity contribution in [3.05, 3.63) is 35.4 Å². The van der Waals surface area contributed by atoms with E-state index >= 15 is 0 Å². The van der Waals surface area contributed by atoms with Crippen molar-refractivity contribution in [2.24, 2.45) is 10.9 Å². The number of nitrogens with zero attached hydrogens (tertiary/aromatic N) is 2. The zero-order valence-electron chi connectivity index (χ0n) is 10.9. The lowest BCUT2D eigenvalue weighted by Gasteiger charge is -2.20. The summed E-state index contributed by atoms with van der Waals surface area (Å²) in [7, 11) is 0. The molecule has 1 aromatic carbocycles. The molecule has 0 aliphatic rings. The second kappa shape index (κ2) is 7.38. The largest absolute Gasteiger partial charge is 0.409 e. The third-order valence-electron chi connectivity index (χ3n) is 2.77. The molecule has 104 valence electrons. The molecule has 0 aliphatic heterocycles. The van der Waals surface area contributed by atoms with Crippen LogP contribution in [0.4, 0.5) is 0 Å². The Hall–Kier alpha value is -2.08. The molecule has 1 amide bonds. The van der Waals surface area contributed by atoms with E-state index in [1.165, 1.54) is 0 Å². The van der Waals surface area contributed by atoms with Crippen LogP contribution in [0.5, 0.6) is 0 Å². The fraction of sp³-hybridized carbons (Fsp3) is 0.385. The van der Waals surface area contributed by atoms with Crippen LogP contribution < -0.4 is 5.73 Å². The Morgan fingerprint density at radius 2 is 2.11 bits per heavy atom. The minimum Gasteiger partial charge on any atom is -0.409 e. The summed E-state index contributed by atoms with van der Waals surface area (Å²) in [6.07, 6.45) is 0.541. The second-order valence-electron chi connectivity index (χ2n) is 4.03. The molecule has 0 aliphatic carbocycles. The smallest absolute Gasteiger partial charge is 0.253 e. The summed E-state index contributed by atoms with van der Waals surface area (Å²) < 4.78 is 0.